The van der Waals surface area contributed by atoms with Crippen molar-refractivity contribution in [3.8, 4) is 0 Å². The summed E-state index contributed by atoms with van der Waals surface area (Å²) in [5.74, 6) is -2.67. The molecule has 0 aliphatic rings. The molecule has 0 radical (unpaired) electrons. The fourth-order valence-corrected chi connectivity index (χ4v) is 4.29. The number of anilines is 1. The van der Waals surface area contributed by atoms with Crippen molar-refractivity contribution in [2.24, 2.45) is 5.14 Å². The lowest BCUT2D eigenvalue weighted by Gasteiger charge is -2.24. The molecule has 1 amide bonds. The smallest absolute Gasteiger partial charge is 0.261 e. The Bertz CT molecular complexity index is 1310. The van der Waals surface area contributed by atoms with Crippen molar-refractivity contribution in [3.63, 3.8) is 0 Å². The molecule has 3 rings (SSSR count). The van der Waals surface area contributed by atoms with E-state index in [0.717, 1.165) is 24.3 Å². The van der Waals surface area contributed by atoms with Gasteiger partial charge in [-0.25, -0.2) is 22.3 Å². The Morgan fingerprint density at radius 3 is 2.03 bits per heavy atom. The number of nitrogens with two attached hydrogens (primary N) is 1. The van der Waals surface area contributed by atoms with Crippen LogP contribution < -0.4 is 10.0 Å². The molecule has 3 aromatic carbocycles. The second-order valence-electron chi connectivity index (χ2n) is 6.96. The van der Waals surface area contributed by atoms with Crippen molar-refractivity contribution in [1.82, 2.24) is 0 Å². The quantitative estimate of drug-likeness (QED) is 0.484. The molecule has 3 aromatic rings. The third-order valence-corrected chi connectivity index (χ3v) is 6.37. The average molecular weight is 491 g/mol. The number of hydrogen-bond acceptors (Lipinski definition) is 5. The summed E-state index contributed by atoms with van der Waals surface area (Å²) in [6.07, 6.45) is 1.82. The number of nitrogens with zero attached hydrogens (tertiary/aromatic N) is 1. The molecule has 10 heteroatoms. The molecule has 0 heterocycles. The second-order valence-corrected chi connectivity index (χ2v) is 9.48. The van der Waals surface area contributed by atoms with Crippen molar-refractivity contribution in [2.75, 3.05) is 23.5 Å². The average Bonchev–Trinajstić information content (AvgIpc) is 2.78. The molecule has 0 saturated carbocycles. The summed E-state index contributed by atoms with van der Waals surface area (Å²) in [6.45, 7) is 0.149. The van der Waals surface area contributed by atoms with Gasteiger partial charge >= 0.3 is 0 Å². The van der Waals surface area contributed by atoms with Crippen LogP contribution in [0.1, 0.15) is 26.3 Å². The third-order valence-electron chi connectivity index (χ3n) is 4.81. The maximum absolute atomic E-state index is 14.3. The van der Waals surface area contributed by atoms with Gasteiger partial charge in [0.1, 0.15) is 11.6 Å². The number of rotatable bonds is 8. The van der Waals surface area contributed by atoms with Crippen LogP contribution in [0.2, 0.25) is 0 Å². The molecular weight excluding hydrogens is 470 g/mol. The van der Waals surface area contributed by atoms with E-state index in [1.54, 1.807) is 0 Å². The summed E-state index contributed by atoms with van der Waals surface area (Å²) < 4.78 is 52.8. The first-order valence-corrected chi connectivity index (χ1v) is 12.6. The van der Waals surface area contributed by atoms with Gasteiger partial charge in [0.2, 0.25) is 10.0 Å². The number of amides is 1. The van der Waals surface area contributed by atoms with E-state index < -0.39 is 43.8 Å². The second kappa shape index (κ2) is 10.2. The number of primary sulfonamides is 1. The molecule has 6 nitrogen and oxygen atoms in total. The van der Waals surface area contributed by atoms with Crippen LogP contribution in [-0.2, 0) is 10.0 Å². The SMILES string of the molecule is CSCCN(C(=O)c1ccccc1F)c1ccc(S(N)(=O)=O)c(C(=O)c2ccccc2F)c1. The van der Waals surface area contributed by atoms with Gasteiger partial charge in [-0.1, -0.05) is 24.3 Å². The summed E-state index contributed by atoms with van der Waals surface area (Å²) in [6, 6.07) is 14.1. The first kappa shape index (κ1) is 24.6. The standard InChI is InChI=1S/C23H20F2N2O4S2/c1-32-13-12-27(23(29)17-7-3-5-9-20(17)25)15-10-11-21(33(26,30)31)18(14-15)22(28)16-6-2-4-8-19(16)24/h2-11,14H,12-13H2,1H3,(H2,26,30,31). The lowest BCUT2D eigenvalue weighted by atomic mass is 10.0. The molecule has 0 spiro atoms. The highest BCUT2D eigenvalue weighted by Gasteiger charge is 2.26. The Labute approximate surface area is 194 Å². The fourth-order valence-electron chi connectivity index (χ4n) is 3.21. The van der Waals surface area contributed by atoms with Gasteiger partial charge in [0.25, 0.3) is 5.91 Å². The number of ketones is 1. The predicted octanol–water partition coefficient (Wildman–Crippen LogP) is 3.85. The summed E-state index contributed by atoms with van der Waals surface area (Å²) in [5, 5.41) is 5.28. The number of halogens is 2. The van der Waals surface area contributed by atoms with Crippen LogP contribution in [-0.4, -0.2) is 38.7 Å². The Balaban J connectivity index is 2.17. The molecule has 0 fully saturated rings. The number of carbonyl (C=O) groups excluding carboxylic acids is 2. The number of carbonyl (C=O) groups is 2. The maximum Gasteiger partial charge on any atom is 0.261 e. The zero-order valence-corrected chi connectivity index (χ0v) is 19.1. The zero-order valence-electron chi connectivity index (χ0n) is 17.5. The minimum Gasteiger partial charge on any atom is -0.307 e. The van der Waals surface area contributed by atoms with Crippen molar-refractivity contribution >= 4 is 39.2 Å². The van der Waals surface area contributed by atoms with Gasteiger partial charge in [-0.15, -0.1) is 0 Å². The number of benzene rings is 3. The molecule has 172 valence electrons. The summed E-state index contributed by atoms with van der Waals surface area (Å²) in [5.41, 5.74) is -0.785. The molecule has 0 aliphatic heterocycles. The number of hydrogen-bond donors (Lipinski definition) is 1. The highest BCUT2D eigenvalue weighted by Crippen LogP contribution is 2.27. The van der Waals surface area contributed by atoms with Gasteiger partial charge in [-0.2, -0.15) is 11.8 Å². The van der Waals surface area contributed by atoms with Gasteiger partial charge in [0.05, 0.1) is 16.0 Å². The van der Waals surface area contributed by atoms with Gasteiger partial charge in [0, 0.05) is 23.5 Å². The molecule has 0 unspecified atom stereocenters. The molecule has 0 bridgehead atoms. The normalized spacial score (nSPS) is 11.3. The first-order chi connectivity index (χ1) is 15.6. The van der Waals surface area contributed by atoms with Crippen molar-refractivity contribution in [2.45, 2.75) is 4.90 Å². The van der Waals surface area contributed by atoms with Crippen molar-refractivity contribution in [1.29, 1.82) is 0 Å². The van der Waals surface area contributed by atoms with E-state index >= 15 is 0 Å². The largest absolute Gasteiger partial charge is 0.307 e. The topological polar surface area (TPSA) is 97.5 Å². The minimum absolute atomic E-state index is 0.143. The van der Waals surface area contributed by atoms with E-state index in [4.69, 9.17) is 5.14 Å². The predicted molar refractivity (Wildman–Crippen MR) is 124 cm³/mol. The summed E-state index contributed by atoms with van der Waals surface area (Å²) in [4.78, 5) is 27.0. The molecule has 0 saturated heterocycles. The van der Waals surface area contributed by atoms with E-state index in [2.05, 4.69) is 0 Å². The lowest BCUT2D eigenvalue weighted by molar-refractivity contribution is 0.0982. The molecule has 33 heavy (non-hydrogen) atoms. The van der Waals surface area contributed by atoms with Crippen molar-refractivity contribution < 1.29 is 26.8 Å². The van der Waals surface area contributed by atoms with Crippen LogP contribution in [0.5, 0.6) is 0 Å². The van der Waals surface area contributed by atoms with E-state index in [0.29, 0.717) is 5.75 Å². The van der Waals surface area contributed by atoms with Crippen LogP contribution >= 0.6 is 11.8 Å². The van der Waals surface area contributed by atoms with Gasteiger partial charge in [-0.05, 0) is 48.7 Å². The van der Waals surface area contributed by atoms with Crippen LogP contribution in [0.15, 0.2) is 71.6 Å². The fraction of sp³-hybridized carbons (Fsp3) is 0.130. The Kier molecular flexibility index (Phi) is 7.62. The Hall–Kier alpha value is -3.08. The van der Waals surface area contributed by atoms with Crippen LogP contribution in [0.3, 0.4) is 0 Å². The van der Waals surface area contributed by atoms with Gasteiger partial charge < -0.3 is 4.90 Å². The monoisotopic (exact) mass is 490 g/mol. The molecular formula is C23H20F2N2O4S2. The highest BCUT2D eigenvalue weighted by molar-refractivity contribution is 7.98. The van der Waals surface area contributed by atoms with E-state index in [-0.39, 0.29) is 23.4 Å². The molecule has 0 aromatic heterocycles. The van der Waals surface area contributed by atoms with Crippen LogP contribution in [0, 0.1) is 11.6 Å². The molecule has 0 atom stereocenters. The lowest BCUT2D eigenvalue weighted by Crippen LogP contribution is -2.34. The third kappa shape index (κ3) is 5.47. The van der Waals surface area contributed by atoms with Gasteiger partial charge in [0.15, 0.2) is 5.78 Å². The molecule has 0 aliphatic carbocycles. The number of sulfonamides is 1. The summed E-state index contributed by atoms with van der Waals surface area (Å²) in [7, 11) is -4.35. The zero-order chi connectivity index (χ0) is 24.2. The highest BCUT2D eigenvalue weighted by atomic mass is 32.2. The Morgan fingerprint density at radius 1 is 0.909 bits per heavy atom. The maximum atomic E-state index is 14.3. The van der Waals surface area contributed by atoms with E-state index in [9.17, 15) is 26.8 Å². The van der Waals surface area contributed by atoms with E-state index in [1.807, 2.05) is 6.26 Å². The van der Waals surface area contributed by atoms with Crippen LogP contribution in [0.4, 0.5) is 14.5 Å². The van der Waals surface area contributed by atoms with Crippen molar-refractivity contribution in [3.05, 3.63) is 95.1 Å². The van der Waals surface area contributed by atoms with E-state index in [1.165, 1.54) is 59.1 Å². The minimum atomic E-state index is -4.35. The van der Waals surface area contributed by atoms with Crippen LogP contribution in [0.25, 0.3) is 0 Å². The molecule has 2 N–H and O–H groups in total. The Morgan fingerprint density at radius 2 is 1.48 bits per heavy atom. The number of thioether (sulfide) groups is 1. The first-order valence-electron chi connectivity index (χ1n) is 9.66. The summed E-state index contributed by atoms with van der Waals surface area (Å²) >= 11 is 1.44. The van der Waals surface area contributed by atoms with Gasteiger partial charge in [-0.3, -0.25) is 9.59 Å².